The molecule has 0 aliphatic carbocycles. The molecule has 21 nitrogen and oxygen atoms in total. The topological polar surface area (TPSA) is 361 Å². The van der Waals surface area contributed by atoms with Gasteiger partial charge in [0.25, 0.3) is 0 Å². The number of urea groups is 1. The smallest absolute Gasteiger partial charge is 0.315 e. The molecule has 3 rings (SSSR count). The molecule has 0 aromatic carbocycles. The first-order valence-corrected chi connectivity index (χ1v) is 27.4. The van der Waals surface area contributed by atoms with Gasteiger partial charge in [0.05, 0.1) is 92.1 Å². The summed E-state index contributed by atoms with van der Waals surface area (Å²) in [5.41, 5.74) is 6.08. The Bertz CT molecular complexity index is 1940. The molecule has 23 heteroatoms. The number of esters is 1. The maximum Gasteiger partial charge on any atom is 0.315 e. The van der Waals surface area contributed by atoms with Gasteiger partial charge in [-0.25, -0.2) is 4.79 Å². The molecule has 2 saturated heterocycles. The summed E-state index contributed by atoms with van der Waals surface area (Å²) >= 11 is 0. The van der Waals surface area contributed by atoms with Crippen LogP contribution in [0, 0.1) is 42.9 Å². The van der Waals surface area contributed by atoms with Crippen molar-refractivity contribution in [2.75, 3.05) is 6.54 Å². The number of carbonyl (C=O) groups is 3. The van der Waals surface area contributed by atoms with Crippen molar-refractivity contribution in [2.24, 2.45) is 17.6 Å². The van der Waals surface area contributed by atoms with E-state index in [0.29, 0.717) is 0 Å². The number of aliphatic carboxylic acids is 1. The summed E-state index contributed by atoms with van der Waals surface area (Å²) in [6.45, 7) is 10.8. The molecule has 19 atom stereocenters. The number of rotatable bonds is 10. The van der Waals surface area contributed by atoms with E-state index in [1.54, 1.807) is 92.8 Å². The Morgan fingerprint density at radius 1 is 0.734 bits per heavy atom. The van der Waals surface area contributed by atoms with Gasteiger partial charge in [0.1, 0.15) is 19.5 Å². The summed E-state index contributed by atoms with van der Waals surface area (Å²) < 4.78 is 23.6. The number of hydrogen-bond acceptors (Lipinski definition) is 18. The van der Waals surface area contributed by atoms with Crippen molar-refractivity contribution in [2.45, 2.75) is 228 Å². The van der Waals surface area contributed by atoms with E-state index >= 15 is 0 Å². The summed E-state index contributed by atoms with van der Waals surface area (Å²) in [5.74, 6) is -4.99. The van der Waals surface area contributed by atoms with E-state index in [1.165, 1.54) is 32.5 Å². The monoisotopic (exact) mass is 1340 g/mol. The van der Waals surface area contributed by atoms with E-state index in [9.17, 15) is 65.4 Å². The average molecular weight is 1350 g/mol. The first-order chi connectivity index (χ1) is 36.9. The third-order valence-electron chi connectivity index (χ3n) is 13.8. The molecule has 15 N–H and O–H groups in total. The fourth-order valence-corrected chi connectivity index (χ4v) is 8.92. The number of allylic oxidation sites excluding steroid dienone is 12. The first-order valence-electron chi connectivity index (χ1n) is 27.4. The van der Waals surface area contributed by atoms with Crippen LogP contribution in [0.4, 0.5) is 4.79 Å². The van der Waals surface area contributed by atoms with Crippen molar-refractivity contribution in [1.29, 1.82) is 0 Å². The van der Waals surface area contributed by atoms with Crippen LogP contribution in [0.5, 0.6) is 0 Å². The van der Waals surface area contributed by atoms with Crippen LogP contribution in [0.25, 0.3) is 0 Å². The minimum atomic E-state index is -2.32. The van der Waals surface area contributed by atoms with Gasteiger partial charge in [-0.2, -0.15) is 0 Å². The van der Waals surface area contributed by atoms with E-state index in [-0.39, 0.29) is 69.3 Å². The zero-order chi connectivity index (χ0) is 58.4. The molecular weight excluding hydrogens is 1250 g/mol. The second kappa shape index (κ2) is 40.2. The second-order valence-electron chi connectivity index (χ2n) is 20.7. The fourth-order valence-electron chi connectivity index (χ4n) is 8.92. The van der Waals surface area contributed by atoms with Crippen LogP contribution in [0.15, 0.2) is 85.1 Å². The van der Waals surface area contributed by atoms with Crippen LogP contribution in [0.3, 0.4) is 0 Å². The van der Waals surface area contributed by atoms with Crippen LogP contribution in [-0.4, -0.2) is 191 Å². The Morgan fingerprint density at radius 2 is 1.33 bits per heavy atom. The number of amides is 2. The van der Waals surface area contributed by atoms with Crippen LogP contribution in [0.2, 0.25) is 13.1 Å². The van der Waals surface area contributed by atoms with Gasteiger partial charge in [-0.3, -0.25) is 9.59 Å². The zero-order valence-corrected chi connectivity index (χ0v) is 51.0. The first kappa shape index (κ1) is 74.0. The van der Waals surface area contributed by atoms with Crippen molar-refractivity contribution < 1.29 is 121 Å². The van der Waals surface area contributed by atoms with E-state index in [2.05, 4.69) is 31.7 Å². The Kier molecular flexibility index (Phi) is 37.7. The number of aliphatic hydroxyl groups is 10. The summed E-state index contributed by atoms with van der Waals surface area (Å²) in [7, 11) is 2.23. The maximum atomic E-state index is 13.0. The molecule has 0 spiro atoms. The molecular formula is C56H93BN3O18U. The second-order valence-corrected chi connectivity index (χ2v) is 20.7. The Morgan fingerprint density at radius 3 is 1.91 bits per heavy atom. The number of fused-ring (bicyclic) bond motifs is 2. The molecule has 3 aliphatic rings. The number of carbonyl (C=O) groups excluding carboxylic acids is 2. The van der Waals surface area contributed by atoms with Crippen LogP contribution < -0.4 is 16.4 Å². The largest absolute Gasteiger partial charge is 0.481 e. The van der Waals surface area contributed by atoms with E-state index < -0.39 is 160 Å². The van der Waals surface area contributed by atoms with Crippen molar-refractivity contribution in [1.82, 2.24) is 10.6 Å². The predicted octanol–water partition coefficient (Wildman–Crippen LogP) is 2.50. The third kappa shape index (κ3) is 29.7. The van der Waals surface area contributed by atoms with Gasteiger partial charge >= 0.3 is 18.0 Å². The van der Waals surface area contributed by atoms with Gasteiger partial charge in [-0.15, -0.1) is 0 Å². The number of carboxylic acids is 1. The van der Waals surface area contributed by atoms with Gasteiger partial charge in [-0.1, -0.05) is 138 Å². The average Bonchev–Trinajstić information content (AvgIpc) is 3.36. The molecule has 3 heterocycles. The van der Waals surface area contributed by atoms with Gasteiger partial charge < -0.3 is 91.5 Å². The number of nitrogens with one attached hydrogen (secondary N) is 2. The van der Waals surface area contributed by atoms with Crippen molar-refractivity contribution in [3.8, 4) is 0 Å². The Balaban J connectivity index is 0.00000364. The van der Waals surface area contributed by atoms with Crippen molar-refractivity contribution >= 4 is 25.2 Å². The van der Waals surface area contributed by atoms with Crippen LogP contribution in [0.1, 0.15) is 112 Å². The molecule has 1 radical (unpaired) electrons. The summed E-state index contributed by atoms with van der Waals surface area (Å²) in [5, 5.41) is 123. The van der Waals surface area contributed by atoms with Crippen LogP contribution >= 0.6 is 0 Å². The maximum absolute atomic E-state index is 13.0. The molecule has 0 aromatic heterocycles. The number of nitrogens with two attached hydrogens (primary N) is 1. The molecule has 0 aromatic rings. The number of aliphatic hydroxyl groups excluding tert-OH is 9. The minimum absolute atomic E-state index is 0. The summed E-state index contributed by atoms with van der Waals surface area (Å²) in [6, 6.07) is -3.33. The minimum Gasteiger partial charge on any atom is -0.481 e. The molecule has 79 heavy (non-hydrogen) atoms. The van der Waals surface area contributed by atoms with Crippen LogP contribution in [-0.2, 0) is 28.5 Å². The fraction of sp³-hybridized carbons (Fsp3) is 0.696. The number of unbranched alkanes of at least 4 members (excludes halogenated alkanes) is 2. The quantitative estimate of drug-likeness (QED) is 0.0849. The molecule has 0 saturated carbocycles. The van der Waals surface area contributed by atoms with E-state index in [0.717, 1.165) is 0 Å². The number of carboxylic acid groups (broad SMARTS) is 1. The molecule has 2 bridgehead atoms. The standard InChI is InChI=1S/C50H79N3O18.C6H14B.U/c1-29-17-15-13-11-9-7-5-6-8-10-12-14-16-18-36(70-48-47(65)43(51)46(64)32(4)69-48)26-40-44(53-49(66)52-22-21-41(60)61)39(59)28-50(67,71-40)27-35(56)24-38(58)37(57)20-19-33(54)23-34(55)25-42(62)68-31(3)30(2)45(29)63;1-3-4-5-6-7-2;/h5-18,29-40,43-48,54-59,63-65,67H,19-28,51H2,1-4H3,(H,60,61)(H2,52,53,66);3-6H2,1-2H3;/b6-5+,9-7+,10-8+,13-11+,14-12+,17-15+,18-16+;;/t29-,30-,31-,32?,33+,34+,35-,36-,37+,38+,39-,40?,43?,44+,45+,46?,47?,48?,50+;;/m0../s1. The van der Waals surface area contributed by atoms with Gasteiger partial charge in [0.15, 0.2) is 12.1 Å². The molecule has 3 aliphatic heterocycles. The predicted molar refractivity (Wildman–Crippen MR) is 294 cm³/mol. The molecule has 6 unspecified atom stereocenters. The molecule has 447 valence electrons. The number of ether oxygens (including phenoxy) is 4. The molecule has 2 amide bonds. The number of hydrogen-bond donors (Lipinski definition) is 14. The molecule has 2 fully saturated rings. The Labute approximate surface area is 491 Å². The third-order valence-corrected chi connectivity index (χ3v) is 13.8. The summed E-state index contributed by atoms with van der Waals surface area (Å²) in [6.07, 6.45) is 8.68. The SMILES string of the molecule is CC1OC(O[C@H]2/C=C/C=C/C=C/C=C/C=C/C=C/C=C/[C@H](C)[C@@H](O)[C@@H](C)[C@H](C)OC(=O)C[C@H](O)C[C@H](O)CC[C@@H](O)[C@H](O)C[C@H](O)C[C@]3(O)C[C@H](O)[C@@H](NC(=O)NCCC(=O)O)C(C2)O3)C(O)C(N)C1O.C[B]CCCCC.[U]. The van der Waals surface area contributed by atoms with Gasteiger partial charge in [0, 0.05) is 75.2 Å². The van der Waals surface area contributed by atoms with E-state index in [4.69, 9.17) is 29.8 Å². The summed E-state index contributed by atoms with van der Waals surface area (Å²) in [4.78, 5) is 36.7. The zero-order valence-electron chi connectivity index (χ0n) is 46.8. The van der Waals surface area contributed by atoms with Crippen molar-refractivity contribution in [3.63, 3.8) is 0 Å². The van der Waals surface area contributed by atoms with Gasteiger partial charge in [-0.05, 0) is 33.1 Å². The van der Waals surface area contributed by atoms with Gasteiger partial charge in [0.2, 0.25) is 0 Å². The van der Waals surface area contributed by atoms with Crippen molar-refractivity contribution in [3.05, 3.63) is 85.1 Å². The Hall–Kier alpha value is -3.05. The van der Waals surface area contributed by atoms with E-state index in [1.807, 2.05) is 13.0 Å². The normalized spacial score (nSPS) is 39.0. The number of cyclic esters (lactones) is 1.